The van der Waals surface area contributed by atoms with Crippen LogP contribution in [0.1, 0.15) is 43.7 Å². The number of hydrazine groups is 1. The number of aryl methyl sites for hydroxylation is 2. The fourth-order valence-corrected chi connectivity index (χ4v) is 3.95. The van der Waals surface area contributed by atoms with Gasteiger partial charge in [-0.1, -0.05) is 13.0 Å². The maximum atomic E-state index is 12.8. The molecule has 2 aliphatic rings. The number of carbonyl (C=O) groups is 3. The molecule has 4 amide bonds. The van der Waals surface area contributed by atoms with Crippen LogP contribution in [0.15, 0.2) is 18.2 Å². The standard InChI is InChI=1S/C20H28N4O3/c1-13-5-7-20(8-6-13)18(26)24(19(27)21-20)22-17(25)12-23(4)16-10-14(2)9-15(3)11-16/h9-11,13H,5-8,12H2,1-4H3,(H,21,27)(H,22,25). The number of likely N-dealkylation sites (N-methyl/N-ethyl adjacent to an activating group) is 1. The molecule has 2 N–H and O–H groups in total. The lowest BCUT2D eigenvalue weighted by molar-refractivity contribution is -0.139. The Balaban J connectivity index is 1.63. The van der Waals surface area contributed by atoms with E-state index in [1.807, 2.05) is 33.0 Å². The van der Waals surface area contributed by atoms with Crippen molar-refractivity contribution >= 4 is 23.5 Å². The van der Waals surface area contributed by atoms with Crippen LogP contribution in [0.5, 0.6) is 0 Å². The van der Waals surface area contributed by atoms with Gasteiger partial charge in [0.1, 0.15) is 5.54 Å². The summed E-state index contributed by atoms with van der Waals surface area (Å²) in [6, 6.07) is 5.50. The first kappa shape index (κ1) is 19.2. The van der Waals surface area contributed by atoms with E-state index in [2.05, 4.69) is 23.7 Å². The van der Waals surface area contributed by atoms with Crippen LogP contribution in [0.3, 0.4) is 0 Å². The highest BCUT2D eigenvalue weighted by Gasteiger charge is 2.52. The quantitative estimate of drug-likeness (QED) is 0.795. The molecule has 0 atom stereocenters. The average molecular weight is 372 g/mol. The van der Waals surface area contributed by atoms with E-state index < -0.39 is 17.5 Å². The molecule has 0 aromatic heterocycles. The Morgan fingerprint density at radius 1 is 1.22 bits per heavy atom. The maximum absolute atomic E-state index is 12.8. The molecule has 3 rings (SSSR count). The summed E-state index contributed by atoms with van der Waals surface area (Å²) in [5.74, 6) is -0.196. The minimum Gasteiger partial charge on any atom is -0.365 e. The van der Waals surface area contributed by atoms with Gasteiger partial charge in [0.15, 0.2) is 0 Å². The molecule has 1 aromatic rings. The van der Waals surface area contributed by atoms with E-state index >= 15 is 0 Å². The van der Waals surface area contributed by atoms with Crippen molar-refractivity contribution in [3.05, 3.63) is 29.3 Å². The topological polar surface area (TPSA) is 81.8 Å². The van der Waals surface area contributed by atoms with Gasteiger partial charge < -0.3 is 10.2 Å². The molecule has 7 heteroatoms. The van der Waals surface area contributed by atoms with Crippen molar-refractivity contribution in [3.63, 3.8) is 0 Å². The number of hydrogen-bond acceptors (Lipinski definition) is 4. The summed E-state index contributed by atoms with van der Waals surface area (Å²) in [6.45, 7) is 6.20. The highest BCUT2D eigenvalue weighted by Crippen LogP contribution is 2.35. The molecule has 1 aliphatic heterocycles. The van der Waals surface area contributed by atoms with Crippen LogP contribution >= 0.6 is 0 Å². The number of benzene rings is 1. The molecule has 1 aliphatic carbocycles. The lowest BCUT2D eigenvalue weighted by Gasteiger charge is -2.33. The smallest absolute Gasteiger partial charge is 0.344 e. The van der Waals surface area contributed by atoms with Gasteiger partial charge in [-0.15, -0.1) is 0 Å². The van der Waals surface area contributed by atoms with Gasteiger partial charge in [-0.05, 0) is 68.7 Å². The Kier molecular flexibility index (Phi) is 5.13. The minimum absolute atomic E-state index is 0.0456. The Morgan fingerprint density at radius 3 is 2.41 bits per heavy atom. The zero-order valence-electron chi connectivity index (χ0n) is 16.5. The second-order valence-electron chi connectivity index (χ2n) is 8.07. The number of urea groups is 1. The molecule has 27 heavy (non-hydrogen) atoms. The van der Waals surface area contributed by atoms with E-state index in [9.17, 15) is 14.4 Å². The number of nitrogens with zero attached hydrogens (tertiary/aromatic N) is 2. The summed E-state index contributed by atoms with van der Waals surface area (Å²) < 4.78 is 0. The Labute approximate surface area is 160 Å². The third-order valence-electron chi connectivity index (χ3n) is 5.55. The van der Waals surface area contributed by atoms with Crippen LogP contribution in [0.4, 0.5) is 10.5 Å². The summed E-state index contributed by atoms with van der Waals surface area (Å²) in [7, 11) is 1.81. The molecular formula is C20H28N4O3. The summed E-state index contributed by atoms with van der Waals surface area (Å²) in [5.41, 5.74) is 4.77. The van der Waals surface area contributed by atoms with Crippen LogP contribution < -0.4 is 15.6 Å². The van der Waals surface area contributed by atoms with Crippen molar-refractivity contribution in [2.24, 2.45) is 5.92 Å². The number of nitrogens with one attached hydrogen (secondary N) is 2. The van der Waals surface area contributed by atoms with Gasteiger partial charge in [0.25, 0.3) is 11.8 Å². The van der Waals surface area contributed by atoms with E-state index in [-0.39, 0.29) is 12.5 Å². The summed E-state index contributed by atoms with van der Waals surface area (Å²) >= 11 is 0. The fraction of sp³-hybridized carbons (Fsp3) is 0.550. The fourth-order valence-electron chi connectivity index (χ4n) is 3.95. The zero-order valence-corrected chi connectivity index (χ0v) is 16.5. The Hall–Kier alpha value is -2.57. The van der Waals surface area contributed by atoms with E-state index in [0.717, 1.165) is 34.7 Å². The monoisotopic (exact) mass is 372 g/mol. The van der Waals surface area contributed by atoms with Gasteiger partial charge in [0.2, 0.25) is 0 Å². The van der Waals surface area contributed by atoms with E-state index in [4.69, 9.17) is 0 Å². The predicted octanol–water partition coefficient (Wildman–Crippen LogP) is 2.27. The van der Waals surface area contributed by atoms with Gasteiger partial charge in [0, 0.05) is 12.7 Å². The number of amides is 4. The number of carbonyl (C=O) groups excluding carboxylic acids is 3. The van der Waals surface area contributed by atoms with Crippen LogP contribution in [0.2, 0.25) is 0 Å². The van der Waals surface area contributed by atoms with Gasteiger partial charge in [-0.2, -0.15) is 5.01 Å². The SMILES string of the molecule is Cc1cc(C)cc(N(C)CC(=O)NN2C(=O)NC3(CCC(C)CC3)C2=O)c1. The van der Waals surface area contributed by atoms with Crippen LogP contribution in [0.25, 0.3) is 0 Å². The first-order chi connectivity index (χ1) is 12.7. The van der Waals surface area contributed by atoms with Gasteiger partial charge in [0.05, 0.1) is 6.54 Å². The first-order valence-electron chi connectivity index (χ1n) is 9.46. The molecule has 0 radical (unpaired) electrons. The van der Waals surface area contributed by atoms with Crippen molar-refractivity contribution in [2.45, 2.75) is 52.0 Å². The molecule has 1 saturated heterocycles. The number of imide groups is 1. The van der Waals surface area contributed by atoms with Gasteiger partial charge in [-0.3, -0.25) is 15.0 Å². The van der Waals surface area contributed by atoms with Crippen molar-refractivity contribution in [1.29, 1.82) is 0 Å². The third kappa shape index (κ3) is 3.91. The molecule has 0 bridgehead atoms. The minimum atomic E-state index is -0.851. The normalized spacial score (nSPS) is 24.9. The summed E-state index contributed by atoms with van der Waals surface area (Å²) in [6.07, 6.45) is 3.02. The van der Waals surface area contributed by atoms with Crippen molar-refractivity contribution in [1.82, 2.24) is 15.8 Å². The molecule has 1 heterocycles. The van der Waals surface area contributed by atoms with Gasteiger partial charge >= 0.3 is 6.03 Å². The van der Waals surface area contributed by atoms with E-state index in [1.54, 1.807) is 4.90 Å². The largest absolute Gasteiger partial charge is 0.365 e. The van der Waals surface area contributed by atoms with Crippen molar-refractivity contribution in [3.8, 4) is 0 Å². The van der Waals surface area contributed by atoms with Crippen LogP contribution in [-0.2, 0) is 9.59 Å². The van der Waals surface area contributed by atoms with Crippen LogP contribution in [0, 0.1) is 19.8 Å². The van der Waals surface area contributed by atoms with Crippen molar-refractivity contribution in [2.75, 3.05) is 18.5 Å². The summed E-state index contributed by atoms with van der Waals surface area (Å²) in [4.78, 5) is 39.3. The predicted molar refractivity (Wildman–Crippen MR) is 103 cm³/mol. The average Bonchev–Trinajstić information content (AvgIpc) is 2.81. The highest BCUT2D eigenvalue weighted by atomic mass is 16.2. The Morgan fingerprint density at radius 2 is 1.81 bits per heavy atom. The second-order valence-corrected chi connectivity index (χ2v) is 8.07. The van der Waals surface area contributed by atoms with E-state index in [1.165, 1.54) is 0 Å². The maximum Gasteiger partial charge on any atom is 0.344 e. The molecular weight excluding hydrogens is 344 g/mol. The summed E-state index contributed by atoms with van der Waals surface area (Å²) in [5, 5.41) is 3.66. The second kappa shape index (κ2) is 7.21. The molecule has 0 unspecified atom stereocenters. The highest BCUT2D eigenvalue weighted by molar-refractivity contribution is 6.08. The lowest BCUT2D eigenvalue weighted by atomic mass is 9.77. The zero-order chi connectivity index (χ0) is 19.8. The number of anilines is 1. The molecule has 7 nitrogen and oxygen atoms in total. The van der Waals surface area contributed by atoms with E-state index in [0.29, 0.717) is 18.8 Å². The number of hydrogen-bond donors (Lipinski definition) is 2. The molecule has 1 spiro atoms. The Bertz CT molecular complexity index is 748. The lowest BCUT2D eigenvalue weighted by Crippen LogP contribution is -2.52. The molecule has 1 saturated carbocycles. The molecule has 2 fully saturated rings. The number of rotatable bonds is 4. The third-order valence-corrected chi connectivity index (χ3v) is 5.55. The van der Waals surface area contributed by atoms with Gasteiger partial charge in [-0.25, -0.2) is 4.79 Å². The molecule has 146 valence electrons. The van der Waals surface area contributed by atoms with Crippen molar-refractivity contribution < 1.29 is 14.4 Å². The molecule has 1 aromatic carbocycles. The first-order valence-corrected chi connectivity index (χ1v) is 9.46. The van der Waals surface area contributed by atoms with Crippen LogP contribution in [-0.4, -0.2) is 42.0 Å².